The van der Waals surface area contributed by atoms with Crippen molar-refractivity contribution in [3.63, 3.8) is 0 Å². The van der Waals surface area contributed by atoms with Crippen LogP contribution in [0.15, 0.2) is 24.3 Å². The number of terminal acetylenes is 1. The molecule has 0 aromatic heterocycles. The molecule has 0 heterocycles. The van der Waals surface area contributed by atoms with Gasteiger partial charge in [0.05, 0.1) is 6.61 Å². The Morgan fingerprint density at radius 1 is 1.31 bits per heavy atom. The molecule has 1 aromatic carbocycles. The quantitative estimate of drug-likeness (QED) is 0.555. The van der Waals surface area contributed by atoms with Crippen LogP contribution in [0.4, 0.5) is 0 Å². The number of hydrogen-bond donors (Lipinski definition) is 1. The van der Waals surface area contributed by atoms with E-state index >= 15 is 0 Å². The topological polar surface area (TPSA) is 29.5 Å². The third-order valence-corrected chi connectivity index (χ3v) is 1.59. The van der Waals surface area contributed by atoms with Crippen LogP contribution in [0.25, 0.3) is 0 Å². The molecule has 68 valence electrons. The number of ether oxygens (including phenoxy) is 1. The smallest absolute Gasteiger partial charge is 0.119 e. The van der Waals surface area contributed by atoms with Crippen molar-refractivity contribution < 1.29 is 9.84 Å². The summed E-state index contributed by atoms with van der Waals surface area (Å²) < 4.78 is 5.32. The fourth-order valence-corrected chi connectivity index (χ4v) is 0.902. The van der Waals surface area contributed by atoms with E-state index in [1.807, 2.05) is 24.3 Å². The average Bonchev–Trinajstić information content (AvgIpc) is 2.19. The summed E-state index contributed by atoms with van der Waals surface area (Å²) in [6, 6.07) is 7.31. The molecule has 1 aromatic rings. The number of aliphatic hydroxyl groups excluding tert-OH is 1. The van der Waals surface area contributed by atoms with Crippen LogP contribution in [0.1, 0.15) is 12.0 Å². The lowest BCUT2D eigenvalue weighted by molar-refractivity contribution is 0.233. The number of aliphatic hydroxyl groups is 1. The van der Waals surface area contributed by atoms with Crippen molar-refractivity contribution in [2.24, 2.45) is 0 Å². The van der Waals surface area contributed by atoms with Gasteiger partial charge in [-0.2, -0.15) is 0 Å². The summed E-state index contributed by atoms with van der Waals surface area (Å²) in [4.78, 5) is 0. The van der Waals surface area contributed by atoms with Gasteiger partial charge in [0.2, 0.25) is 0 Å². The second-order valence-electron chi connectivity index (χ2n) is 2.59. The van der Waals surface area contributed by atoms with E-state index in [0.717, 1.165) is 11.3 Å². The van der Waals surface area contributed by atoms with E-state index in [2.05, 4.69) is 5.92 Å². The Labute approximate surface area is 78.2 Å². The van der Waals surface area contributed by atoms with Gasteiger partial charge in [-0.15, -0.1) is 6.42 Å². The van der Waals surface area contributed by atoms with E-state index in [-0.39, 0.29) is 6.61 Å². The predicted octanol–water partition coefficient (Wildman–Crippen LogP) is 1.43. The van der Waals surface area contributed by atoms with Crippen LogP contribution in [-0.4, -0.2) is 18.3 Å². The third kappa shape index (κ3) is 3.18. The molecule has 2 heteroatoms. The summed E-state index contributed by atoms with van der Waals surface area (Å²) in [6.45, 7) is 0.689. The van der Waals surface area contributed by atoms with Gasteiger partial charge in [0.25, 0.3) is 0 Å². The second-order valence-corrected chi connectivity index (χ2v) is 2.59. The second kappa shape index (κ2) is 5.23. The summed E-state index contributed by atoms with van der Waals surface area (Å²) in [5, 5.41) is 8.52. The Balaban J connectivity index is 2.46. The maximum absolute atomic E-state index is 8.52. The molecule has 0 saturated carbocycles. The molecule has 1 rings (SSSR count). The molecule has 0 radical (unpaired) electrons. The molecule has 0 spiro atoms. The lowest BCUT2D eigenvalue weighted by Crippen LogP contribution is -1.99. The summed E-state index contributed by atoms with van der Waals surface area (Å²) in [6.07, 6.45) is 5.85. The van der Waals surface area contributed by atoms with Crippen molar-refractivity contribution in [1.29, 1.82) is 0 Å². The first-order valence-electron chi connectivity index (χ1n) is 4.17. The molecule has 1 N–H and O–H groups in total. The molecule has 0 unspecified atom stereocenters. The van der Waals surface area contributed by atoms with Crippen LogP contribution in [0, 0.1) is 12.3 Å². The predicted molar refractivity (Wildman–Crippen MR) is 51.6 cm³/mol. The monoisotopic (exact) mass is 176 g/mol. The fourth-order valence-electron chi connectivity index (χ4n) is 0.902. The Morgan fingerprint density at radius 3 is 2.54 bits per heavy atom. The highest BCUT2D eigenvalue weighted by Gasteiger charge is 1.92. The Kier molecular flexibility index (Phi) is 3.87. The number of benzene rings is 1. The molecule has 0 aliphatic carbocycles. The van der Waals surface area contributed by atoms with E-state index in [1.54, 1.807) is 0 Å². The van der Waals surface area contributed by atoms with Crippen LogP contribution >= 0.6 is 0 Å². The highest BCUT2D eigenvalue weighted by Crippen LogP contribution is 2.11. The van der Waals surface area contributed by atoms with E-state index in [0.29, 0.717) is 13.0 Å². The van der Waals surface area contributed by atoms with Gasteiger partial charge in [0.1, 0.15) is 5.75 Å². The van der Waals surface area contributed by atoms with Crippen molar-refractivity contribution >= 4 is 0 Å². The number of rotatable bonds is 4. The van der Waals surface area contributed by atoms with Gasteiger partial charge in [0, 0.05) is 18.6 Å². The average molecular weight is 176 g/mol. The Bertz CT molecular complexity index is 282. The van der Waals surface area contributed by atoms with Gasteiger partial charge in [-0.25, -0.2) is 0 Å². The van der Waals surface area contributed by atoms with Crippen molar-refractivity contribution in [2.75, 3.05) is 13.2 Å². The fraction of sp³-hybridized carbons (Fsp3) is 0.273. The summed E-state index contributed by atoms with van der Waals surface area (Å²) in [5.41, 5.74) is 0.842. The van der Waals surface area contributed by atoms with E-state index in [9.17, 15) is 0 Å². The first-order valence-corrected chi connectivity index (χ1v) is 4.17. The highest BCUT2D eigenvalue weighted by atomic mass is 16.5. The minimum atomic E-state index is 0.155. The van der Waals surface area contributed by atoms with Gasteiger partial charge in [0.15, 0.2) is 0 Å². The van der Waals surface area contributed by atoms with Crippen LogP contribution in [0.2, 0.25) is 0 Å². The summed E-state index contributed by atoms with van der Waals surface area (Å²) in [5.74, 6) is 3.31. The van der Waals surface area contributed by atoms with Crippen molar-refractivity contribution in [3.8, 4) is 18.1 Å². The third-order valence-electron chi connectivity index (χ3n) is 1.59. The van der Waals surface area contributed by atoms with Gasteiger partial charge in [-0.05, 0) is 24.3 Å². The van der Waals surface area contributed by atoms with Crippen molar-refractivity contribution in [2.45, 2.75) is 6.42 Å². The SMILES string of the molecule is C#Cc1ccc(OCCCO)cc1. The maximum Gasteiger partial charge on any atom is 0.119 e. The van der Waals surface area contributed by atoms with Crippen LogP contribution in [0.3, 0.4) is 0 Å². The van der Waals surface area contributed by atoms with Crippen LogP contribution in [0.5, 0.6) is 5.75 Å². The largest absolute Gasteiger partial charge is 0.494 e. The molecule has 2 nitrogen and oxygen atoms in total. The zero-order valence-corrected chi connectivity index (χ0v) is 7.36. The first kappa shape index (κ1) is 9.63. The maximum atomic E-state index is 8.52. The Morgan fingerprint density at radius 2 is 2.00 bits per heavy atom. The standard InChI is InChI=1S/C11H12O2/c1-2-10-4-6-11(7-5-10)13-9-3-8-12/h1,4-7,12H,3,8-9H2. The van der Waals surface area contributed by atoms with Crippen LogP contribution < -0.4 is 4.74 Å². The van der Waals surface area contributed by atoms with Gasteiger partial charge >= 0.3 is 0 Å². The van der Waals surface area contributed by atoms with E-state index < -0.39 is 0 Å². The molecular formula is C11H12O2. The summed E-state index contributed by atoms with van der Waals surface area (Å²) >= 11 is 0. The zero-order valence-electron chi connectivity index (χ0n) is 7.36. The number of hydrogen-bond acceptors (Lipinski definition) is 2. The molecule has 0 aliphatic rings. The van der Waals surface area contributed by atoms with E-state index in [4.69, 9.17) is 16.3 Å². The molecule has 0 aliphatic heterocycles. The van der Waals surface area contributed by atoms with Gasteiger partial charge in [-0.3, -0.25) is 0 Å². The lowest BCUT2D eigenvalue weighted by Gasteiger charge is -2.04. The normalized spacial score (nSPS) is 9.23. The first-order chi connectivity index (χ1) is 6.36. The minimum Gasteiger partial charge on any atom is -0.494 e. The summed E-state index contributed by atoms with van der Waals surface area (Å²) in [7, 11) is 0. The Hall–Kier alpha value is -1.46. The molecule has 0 fully saturated rings. The highest BCUT2D eigenvalue weighted by molar-refractivity contribution is 5.36. The molecule has 0 bridgehead atoms. The molecule has 0 amide bonds. The molecular weight excluding hydrogens is 164 g/mol. The molecule has 0 atom stereocenters. The van der Waals surface area contributed by atoms with Crippen molar-refractivity contribution in [1.82, 2.24) is 0 Å². The minimum absolute atomic E-state index is 0.155. The van der Waals surface area contributed by atoms with Gasteiger partial charge < -0.3 is 9.84 Å². The lowest BCUT2D eigenvalue weighted by atomic mass is 10.2. The zero-order chi connectivity index (χ0) is 9.52. The van der Waals surface area contributed by atoms with Crippen molar-refractivity contribution in [3.05, 3.63) is 29.8 Å². The molecule has 13 heavy (non-hydrogen) atoms. The van der Waals surface area contributed by atoms with Gasteiger partial charge in [-0.1, -0.05) is 5.92 Å². The van der Waals surface area contributed by atoms with E-state index in [1.165, 1.54) is 0 Å². The van der Waals surface area contributed by atoms with Crippen LogP contribution in [-0.2, 0) is 0 Å². The molecule has 0 saturated heterocycles.